The molecule has 118 valence electrons. The maximum Gasteiger partial charge on any atom is 0.223 e. The molecule has 0 aliphatic carbocycles. The third-order valence-electron chi connectivity index (χ3n) is 3.62. The fourth-order valence-corrected chi connectivity index (χ4v) is 4.08. The van der Waals surface area contributed by atoms with Gasteiger partial charge in [-0.2, -0.15) is 0 Å². The van der Waals surface area contributed by atoms with Gasteiger partial charge in [-0.1, -0.05) is 0 Å². The van der Waals surface area contributed by atoms with Crippen molar-refractivity contribution in [2.45, 2.75) is 25.3 Å². The minimum absolute atomic E-state index is 0.0206. The summed E-state index contributed by atoms with van der Waals surface area (Å²) in [6, 6.07) is -0.138. The van der Waals surface area contributed by atoms with Gasteiger partial charge in [0.05, 0.1) is 11.5 Å². The Kier molecular flexibility index (Phi) is 6.91. The van der Waals surface area contributed by atoms with Crippen LogP contribution in [-0.2, 0) is 14.6 Å². The van der Waals surface area contributed by atoms with Crippen molar-refractivity contribution in [1.82, 2.24) is 15.1 Å². The lowest BCUT2D eigenvalue weighted by atomic mass is 10.2. The molecule has 1 aliphatic heterocycles. The summed E-state index contributed by atoms with van der Waals surface area (Å²) in [5.74, 6) is 0.344. The molecule has 7 heteroatoms. The highest BCUT2D eigenvalue weighted by molar-refractivity contribution is 7.91. The van der Waals surface area contributed by atoms with Crippen LogP contribution in [0.2, 0.25) is 0 Å². The summed E-state index contributed by atoms with van der Waals surface area (Å²) in [7, 11) is 2.85. The van der Waals surface area contributed by atoms with Gasteiger partial charge in [0, 0.05) is 26.1 Å². The number of nitrogens with one attached hydrogen (secondary N) is 1. The van der Waals surface area contributed by atoms with Crippen molar-refractivity contribution >= 4 is 15.7 Å². The van der Waals surface area contributed by atoms with Crippen molar-refractivity contribution in [3.05, 3.63) is 0 Å². The maximum atomic E-state index is 12.0. The Morgan fingerprint density at radius 3 is 2.50 bits per heavy atom. The first kappa shape index (κ1) is 17.4. The van der Waals surface area contributed by atoms with Gasteiger partial charge in [0.1, 0.15) is 0 Å². The highest BCUT2D eigenvalue weighted by atomic mass is 32.2. The predicted molar refractivity (Wildman–Crippen MR) is 80.5 cm³/mol. The smallest absolute Gasteiger partial charge is 0.223 e. The van der Waals surface area contributed by atoms with Gasteiger partial charge in [-0.05, 0) is 40.0 Å². The minimum atomic E-state index is -2.93. The highest BCUT2D eigenvalue weighted by Crippen LogP contribution is 2.16. The largest absolute Gasteiger partial charge is 0.342 e. The minimum Gasteiger partial charge on any atom is -0.342 e. The molecule has 1 saturated heterocycles. The maximum absolute atomic E-state index is 12.0. The molecule has 6 nitrogen and oxygen atoms in total. The van der Waals surface area contributed by atoms with E-state index in [4.69, 9.17) is 0 Å². The average molecular weight is 305 g/mol. The van der Waals surface area contributed by atoms with Gasteiger partial charge < -0.3 is 15.1 Å². The number of hydrogen-bond donors (Lipinski definition) is 1. The molecule has 1 unspecified atom stereocenters. The molecule has 0 aromatic rings. The van der Waals surface area contributed by atoms with Gasteiger partial charge in [0.25, 0.3) is 0 Å². The summed E-state index contributed by atoms with van der Waals surface area (Å²) in [4.78, 5) is 15.7. The van der Waals surface area contributed by atoms with E-state index in [1.165, 1.54) is 0 Å². The van der Waals surface area contributed by atoms with Gasteiger partial charge in [-0.25, -0.2) is 8.42 Å². The molecule has 1 heterocycles. The Hall–Kier alpha value is -0.660. The Labute approximate surface area is 122 Å². The standard InChI is InChI=1S/C13H27N3O3S/c1-15(2)9-4-7-14-8-5-13(17)16(3)12-6-10-20(18,19)11-12/h12,14H,4-11H2,1-3H3. The van der Waals surface area contributed by atoms with Crippen LogP contribution < -0.4 is 5.32 Å². The molecular formula is C13H27N3O3S. The molecule has 1 rings (SSSR count). The number of carbonyl (C=O) groups is 1. The zero-order valence-corrected chi connectivity index (χ0v) is 13.6. The highest BCUT2D eigenvalue weighted by Gasteiger charge is 2.32. The van der Waals surface area contributed by atoms with Crippen molar-refractivity contribution in [2.75, 3.05) is 52.3 Å². The molecule has 1 amide bonds. The van der Waals surface area contributed by atoms with E-state index in [1.807, 2.05) is 14.1 Å². The van der Waals surface area contributed by atoms with Crippen LogP contribution in [0.1, 0.15) is 19.3 Å². The molecule has 0 spiro atoms. The van der Waals surface area contributed by atoms with E-state index in [9.17, 15) is 13.2 Å². The van der Waals surface area contributed by atoms with E-state index in [2.05, 4.69) is 10.2 Å². The predicted octanol–water partition coefficient (Wildman–Crippen LogP) is -0.437. The van der Waals surface area contributed by atoms with Gasteiger partial charge in [0.2, 0.25) is 5.91 Å². The molecule has 0 radical (unpaired) electrons. The lowest BCUT2D eigenvalue weighted by molar-refractivity contribution is -0.131. The van der Waals surface area contributed by atoms with Gasteiger partial charge in [-0.15, -0.1) is 0 Å². The number of nitrogens with zero attached hydrogens (tertiary/aromatic N) is 2. The van der Waals surface area contributed by atoms with Gasteiger partial charge in [0.15, 0.2) is 9.84 Å². The topological polar surface area (TPSA) is 69.7 Å². The molecule has 0 aromatic heterocycles. The van der Waals surface area contributed by atoms with E-state index < -0.39 is 9.84 Å². The molecule has 0 saturated carbocycles. The van der Waals surface area contributed by atoms with Crippen molar-refractivity contribution < 1.29 is 13.2 Å². The molecule has 1 N–H and O–H groups in total. The number of amides is 1. The molecule has 1 aliphatic rings. The fraction of sp³-hybridized carbons (Fsp3) is 0.923. The normalized spacial score (nSPS) is 21.3. The number of rotatable bonds is 8. The Balaban J connectivity index is 2.16. The second kappa shape index (κ2) is 7.95. The van der Waals surface area contributed by atoms with Crippen molar-refractivity contribution in [3.63, 3.8) is 0 Å². The van der Waals surface area contributed by atoms with Gasteiger partial charge in [-0.3, -0.25) is 4.79 Å². The Morgan fingerprint density at radius 1 is 1.25 bits per heavy atom. The SMILES string of the molecule is CN(C)CCCNCCC(=O)N(C)C1CCS(=O)(=O)C1. The molecule has 1 fully saturated rings. The quantitative estimate of drug-likeness (QED) is 0.616. The summed E-state index contributed by atoms with van der Waals surface area (Å²) in [5, 5.41) is 3.24. The van der Waals surface area contributed by atoms with Crippen molar-refractivity contribution in [1.29, 1.82) is 0 Å². The lowest BCUT2D eigenvalue weighted by Gasteiger charge is -2.23. The molecule has 0 aromatic carbocycles. The number of hydrogen-bond acceptors (Lipinski definition) is 5. The van der Waals surface area contributed by atoms with E-state index in [0.717, 1.165) is 19.5 Å². The Morgan fingerprint density at radius 2 is 1.95 bits per heavy atom. The average Bonchev–Trinajstić information content (AvgIpc) is 2.72. The van der Waals surface area contributed by atoms with E-state index >= 15 is 0 Å². The fourth-order valence-electron chi connectivity index (χ4n) is 2.30. The van der Waals surface area contributed by atoms with Crippen molar-refractivity contribution in [3.8, 4) is 0 Å². The van der Waals surface area contributed by atoms with Crippen LogP contribution in [0.5, 0.6) is 0 Å². The van der Waals surface area contributed by atoms with E-state index in [-0.39, 0.29) is 23.5 Å². The third kappa shape index (κ3) is 6.19. The van der Waals surface area contributed by atoms with Crippen LogP contribution >= 0.6 is 0 Å². The molecule has 0 bridgehead atoms. The second-order valence-corrected chi connectivity index (χ2v) is 7.95. The van der Waals surface area contributed by atoms with Crippen LogP contribution in [0.3, 0.4) is 0 Å². The first-order valence-electron chi connectivity index (χ1n) is 7.13. The summed E-state index contributed by atoms with van der Waals surface area (Å²) in [5.41, 5.74) is 0. The van der Waals surface area contributed by atoms with Crippen LogP contribution in [0, 0.1) is 0 Å². The number of sulfone groups is 1. The molecule has 20 heavy (non-hydrogen) atoms. The Bertz CT molecular complexity index is 409. The van der Waals surface area contributed by atoms with Crippen LogP contribution in [0.25, 0.3) is 0 Å². The summed E-state index contributed by atoms with van der Waals surface area (Å²) in [6.07, 6.45) is 2.05. The first-order valence-corrected chi connectivity index (χ1v) is 8.95. The van der Waals surface area contributed by atoms with E-state index in [0.29, 0.717) is 19.4 Å². The second-order valence-electron chi connectivity index (χ2n) is 5.72. The van der Waals surface area contributed by atoms with Crippen LogP contribution in [-0.4, -0.2) is 82.4 Å². The molecule has 1 atom stereocenters. The summed E-state index contributed by atoms with van der Waals surface area (Å²) >= 11 is 0. The molecular weight excluding hydrogens is 278 g/mol. The van der Waals surface area contributed by atoms with Gasteiger partial charge >= 0.3 is 0 Å². The van der Waals surface area contributed by atoms with E-state index in [1.54, 1.807) is 11.9 Å². The van der Waals surface area contributed by atoms with Crippen LogP contribution in [0.4, 0.5) is 0 Å². The zero-order chi connectivity index (χ0) is 15.2. The zero-order valence-electron chi connectivity index (χ0n) is 12.8. The summed E-state index contributed by atoms with van der Waals surface area (Å²) in [6.45, 7) is 2.57. The van der Waals surface area contributed by atoms with Crippen molar-refractivity contribution in [2.24, 2.45) is 0 Å². The summed E-state index contributed by atoms with van der Waals surface area (Å²) < 4.78 is 22.8. The number of carbonyl (C=O) groups excluding carboxylic acids is 1. The van der Waals surface area contributed by atoms with Crippen LogP contribution in [0.15, 0.2) is 0 Å². The third-order valence-corrected chi connectivity index (χ3v) is 5.37. The first-order chi connectivity index (χ1) is 9.32. The monoisotopic (exact) mass is 305 g/mol. The lowest BCUT2D eigenvalue weighted by Crippen LogP contribution is -2.39.